The molecular formula is C17H25ClN2O. The Morgan fingerprint density at radius 1 is 1.33 bits per heavy atom. The molecule has 1 amide bonds. The normalized spacial score (nSPS) is 23.9. The van der Waals surface area contributed by atoms with Gasteiger partial charge in [0.2, 0.25) is 5.91 Å². The van der Waals surface area contributed by atoms with Crippen molar-refractivity contribution >= 4 is 17.5 Å². The van der Waals surface area contributed by atoms with Gasteiger partial charge in [0.25, 0.3) is 0 Å². The molecule has 3 N–H and O–H groups in total. The highest BCUT2D eigenvalue weighted by Gasteiger charge is 2.28. The molecule has 0 aromatic heterocycles. The molecule has 1 aromatic carbocycles. The lowest BCUT2D eigenvalue weighted by molar-refractivity contribution is -0.127. The van der Waals surface area contributed by atoms with E-state index in [9.17, 15) is 4.79 Å². The van der Waals surface area contributed by atoms with Crippen LogP contribution in [0.1, 0.15) is 51.1 Å². The summed E-state index contributed by atoms with van der Waals surface area (Å²) in [5.41, 5.74) is 6.98. The number of carbonyl (C=O) groups is 1. The van der Waals surface area contributed by atoms with E-state index in [1.54, 1.807) is 0 Å². The zero-order valence-corrected chi connectivity index (χ0v) is 13.6. The number of rotatable bonds is 4. The van der Waals surface area contributed by atoms with Crippen LogP contribution in [0.3, 0.4) is 0 Å². The molecule has 0 heterocycles. The summed E-state index contributed by atoms with van der Waals surface area (Å²) < 4.78 is 0. The van der Waals surface area contributed by atoms with Gasteiger partial charge in [-0.2, -0.15) is 0 Å². The van der Waals surface area contributed by atoms with Crippen LogP contribution < -0.4 is 11.1 Å². The molecule has 116 valence electrons. The fourth-order valence-electron chi connectivity index (χ4n) is 3.07. The van der Waals surface area contributed by atoms with Crippen molar-refractivity contribution in [1.82, 2.24) is 5.32 Å². The number of hydrogen-bond acceptors (Lipinski definition) is 2. The molecule has 3 nitrogen and oxygen atoms in total. The quantitative estimate of drug-likeness (QED) is 0.891. The molecule has 3 unspecified atom stereocenters. The number of hydrogen-bond donors (Lipinski definition) is 2. The van der Waals surface area contributed by atoms with Gasteiger partial charge in [-0.15, -0.1) is 0 Å². The zero-order chi connectivity index (χ0) is 15.4. The van der Waals surface area contributed by atoms with Gasteiger partial charge in [-0.25, -0.2) is 0 Å². The number of carbonyl (C=O) groups excluding carboxylic acids is 1. The van der Waals surface area contributed by atoms with Crippen LogP contribution in [0.4, 0.5) is 0 Å². The first-order valence-electron chi connectivity index (χ1n) is 7.79. The van der Waals surface area contributed by atoms with Crippen LogP contribution in [0.2, 0.25) is 5.02 Å². The standard InChI is InChI=1S/C17H25ClN2O/c1-11(2)16(14-8-3-4-9-15(14)18)20-17(21)12-6-5-7-13(19)10-12/h3-4,8-9,11-13,16H,5-7,10,19H2,1-2H3,(H,20,21). The average molecular weight is 309 g/mol. The van der Waals surface area contributed by atoms with E-state index in [-0.39, 0.29) is 29.8 Å². The highest BCUT2D eigenvalue weighted by Crippen LogP contribution is 2.30. The maximum absolute atomic E-state index is 12.5. The Kier molecular flexibility index (Phi) is 5.65. The summed E-state index contributed by atoms with van der Waals surface area (Å²) in [4.78, 5) is 12.5. The minimum atomic E-state index is -0.0515. The van der Waals surface area contributed by atoms with E-state index in [4.69, 9.17) is 17.3 Å². The molecule has 1 aliphatic rings. The van der Waals surface area contributed by atoms with Gasteiger partial charge in [0.15, 0.2) is 0 Å². The fraction of sp³-hybridized carbons (Fsp3) is 0.588. The van der Waals surface area contributed by atoms with E-state index in [0.717, 1.165) is 31.2 Å². The second-order valence-electron chi connectivity index (χ2n) is 6.38. The Morgan fingerprint density at radius 3 is 2.67 bits per heavy atom. The van der Waals surface area contributed by atoms with E-state index in [0.29, 0.717) is 5.02 Å². The summed E-state index contributed by atoms with van der Waals surface area (Å²) in [7, 11) is 0. The van der Waals surface area contributed by atoms with Gasteiger partial charge in [0, 0.05) is 17.0 Å². The lowest BCUT2D eigenvalue weighted by atomic mass is 9.85. The minimum Gasteiger partial charge on any atom is -0.349 e. The third kappa shape index (κ3) is 4.21. The smallest absolute Gasteiger partial charge is 0.223 e. The maximum Gasteiger partial charge on any atom is 0.223 e. The van der Waals surface area contributed by atoms with Crippen molar-refractivity contribution in [1.29, 1.82) is 0 Å². The molecule has 1 aromatic rings. The summed E-state index contributed by atoms with van der Waals surface area (Å²) in [6.45, 7) is 4.20. The summed E-state index contributed by atoms with van der Waals surface area (Å²) in [5.74, 6) is 0.437. The van der Waals surface area contributed by atoms with Crippen LogP contribution in [0.5, 0.6) is 0 Å². The molecule has 0 radical (unpaired) electrons. The largest absolute Gasteiger partial charge is 0.349 e. The molecule has 0 spiro atoms. The topological polar surface area (TPSA) is 55.1 Å². The Hall–Kier alpha value is -1.06. The predicted octanol–water partition coefficient (Wildman–Crippen LogP) is 3.67. The highest BCUT2D eigenvalue weighted by atomic mass is 35.5. The summed E-state index contributed by atoms with van der Waals surface area (Å²) in [6, 6.07) is 7.83. The summed E-state index contributed by atoms with van der Waals surface area (Å²) in [6.07, 6.45) is 3.80. The minimum absolute atomic E-state index is 0.0393. The molecule has 4 heteroatoms. The highest BCUT2D eigenvalue weighted by molar-refractivity contribution is 6.31. The lowest BCUT2D eigenvalue weighted by Crippen LogP contribution is -2.40. The first kappa shape index (κ1) is 16.3. The number of halogens is 1. The van der Waals surface area contributed by atoms with Crippen molar-refractivity contribution in [2.75, 3.05) is 0 Å². The first-order chi connectivity index (χ1) is 9.99. The van der Waals surface area contributed by atoms with Crippen LogP contribution in [0, 0.1) is 11.8 Å². The lowest BCUT2D eigenvalue weighted by Gasteiger charge is -2.30. The van der Waals surface area contributed by atoms with Crippen LogP contribution in [-0.2, 0) is 4.79 Å². The predicted molar refractivity (Wildman–Crippen MR) is 87.1 cm³/mol. The van der Waals surface area contributed by atoms with Crippen molar-refractivity contribution in [3.8, 4) is 0 Å². The maximum atomic E-state index is 12.5. The molecule has 1 saturated carbocycles. The van der Waals surface area contributed by atoms with Crippen LogP contribution >= 0.6 is 11.6 Å². The molecule has 0 aliphatic heterocycles. The number of nitrogens with two attached hydrogens (primary N) is 1. The Labute approximate surface area is 132 Å². The number of nitrogens with one attached hydrogen (secondary N) is 1. The van der Waals surface area contributed by atoms with E-state index >= 15 is 0 Å². The van der Waals surface area contributed by atoms with Crippen LogP contribution in [-0.4, -0.2) is 11.9 Å². The first-order valence-corrected chi connectivity index (χ1v) is 8.17. The van der Waals surface area contributed by atoms with Gasteiger partial charge in [-0.3, -0.25) is 4.79 Å². The van der Waals surface area contributed by atoms with Crippen molar-refractivity contribution in [3.05, 3.63) is 34.9 Å². The summed E-state index contributed by atoms with van der Waals surface area (Å²) in [5, 5.41) is 3.89. The van der Waals surface area contributed by atoms with Crippen LogP contribution in [0.25, 0.3) is 0 Å². The monoisotopic (exact) mass is 308 g/mol. The molecule has 1 aliphatic carbocycles. The van der Waals surface area contributed by atoms with Gasteiger partial charge in [0.05, 0.1) is 6.04 Å². The third-order valence-corrected chi connectivity index (χ3v) is 4.63. The van der Waals surface area contributed by atoms with E-state index in [1.807, 2.05) is 24.3 Å². The van der Waals surface area contributed by atoms with Crippen LogP contribution in [0.15, 0.2) is 24.3 Å². The van der Waals surface area contributed by atoms with Gasteiger partial charge in [-0.1, -0.05) is 50.1 Å². The molecule has 2 rings (SSSR count). The molecular weight excluding hydrogens is 284 g/mol. The molecule has 21 heavy (non-hydrogen) atoms. The van der Waals surface area contributed by atoms with Gasteiger partial charge in [-0.05, 0) is 36.8 Å². The number of amides is 1. The number of benzene rings is 1. The van der Waals surface area contributed by atoms with Gasteiger partial charge < -0.3 is 11.1 Å². The van der Waals surface area contributed by atoms with Crippen molar-refractivity contribution in [2.45, 2.75) is 51.6 Å². The van der Waals surface area contributed by atoms with Gasteiger partial charge >= 0.3 is 0 Å². The molecule has 3 atom stereocenters. The van der Waals surface area contributed by atoms with E-state index in [2.05, 4.69) is 19.2 Å². The zero-order valence-electron chi connectivity index (χ0n) is 12.8. The second-order valence-corrected chi connectivity index (χ2v) is 6.78. The molecule has 0 bridgehead atoms. The molecule has 1 fully saturated rings. The average Bonchev–Trinajstić information content (AvgIpc) is 2.45. The second kappa shape index (κ2) is 7.28. The van der Waals surface area contributed by atoms with Gasteiger partial charge in [0.1, 0.15) is 0 Å². The Morgan fingerprint density at radius 2 is 2.05 bits per heavy atom. The van der Waals surface area contributed by atoms with E-state index < -0.39 is 0 Å². The Balaban J connectivity index is 2.10. The SMILES string of the molecule is CC(C)C(NC(=O)C1CCCC(N)C1)c1ccccc1Cl. The van der Waals surface area contributed by atoms with Crippen molar-refractivity contribution in [2.24, 2.45) is 17.6 Å². The van der Waals surface area contributed by atoms with Crippen molar-refractivity contribution in [3.63, 3.8) is 0 Å². The third-order valence-electron chi connectivity index (χ3n) is 4.29. The summed E-state index contributed by atoms with van der Waals surface area (Å²) >= 11 is 6.28. The molecule has 0 saturated heterocycles. The van der Waals surface area contributed by atoms with E-state index in [1.165, 1.54) is 0 Å². The Bertz CT molecular complexity index is 489. The van der Waals surface area contributed by atoms with Crippen molar-refractivity contribution < 1.29 is 4.79 Å². The fourth-order valence-corrected chi connectivity index (χ4v) is 3.32.